The third-order valence-electron chi connectivity index (χ3n) is 3.45. The number of nitrogens with zero attached hydrogens (tertiary/aromatic N) is 2. The first-order valence-electron chi connectivity index (χ1n) is 8.02. The Morgan fingerprint density at radius 3 is 2.64 bits per heavy atom. The molecule has 0 spiro atoms. The third kappa shape index (κ3) is 7.27. The van der Waals surface area contributed by atoms with Crippen molar-refractivity contribution in [2.24, 2.45) is 4.99 Å². The third-order valence-corrected chi connectivity index (χ3v) is 4.77. The molecule has 2 rings (SSSR count). The molecule has 0 saturated heterocycles. The van der Waals surface area contributed by atoms with Gasteiger partial charge in [-0.3, -0.25) is 4.99 Å². The lowest BCUT2D eigenvalue weighted by Gasteiger charge is -2.14. The second-order valence-corrected chi connectivity index (χ2v) is 7.48. The topological polar surface area (TPSA) is 49.3 Å². The van der Waals surface area contributed by atoms with Gasteiger partial charge < -0.3 is 10.6 Å². The highest BCUT2D eigenvalue weighted by Crippen LogP contribution is 2.25. The van der Waals surface area contributed by atoms with Crippen LogP contribution < -0.4 is 10.6 Å². The summed E-state index contributed by atoms with van der Waals surface area (Å²) in [6.45, 7) is 7.81. The zero-order valence-corrected chi connectivity index (χ0v) is 18.2. The van der Waals surface area contributed by atoms with E-state index in [-0.39, 0.29) is 35.2 Å². The van der Waals surface area contributed by atoms with Gasteiger partial charge >= 0.3 is 0 Å². The maximum absolute atomic E-state index is 13.2. The zero-order valence-electron chi connectivity index (χ0n) is 15.1. The molecule has 0 amide bonds. The number of rotatable bonds is 5. The lowest BCUT2D eigenvalue weighted by molar-refractivity contribution is 0.582. The van der Waals surface area contributed by atoms with E-state index in [2.05, 4.69) is 46.8 Å². The van der Waals surface area contributed by atoms with Crippen LogP contribution >= 0.6 is 35.3 Å². The molecule has 1 heterocycles. The largest absolute Gasteiger partial charge is 0.356 e. The Balaban J connectivity index is 0.00000312. The molecule has 2 N–H and O–H groups in total. The van der Waals surface area contributed by atoms with Gasteiger partial charge in [-0.1, -0.05) is 32.9 Å². The predicted octanol–water partition coefficient (Wildman–Crippen LogP) is 4.11. The standard InChI is InChI=1S/C18H25FN4S.HI/c1-18(2,3)16-23-15(12-24-16)11-22-17(20-4)21-9-8-13-6-5-7-14(19)10-13;/h5-7,10,12H,8-9,11H2,1-4H3,(H2,20,21,22);1H. The summed E-state index contributed by atoms with van der Waals surface area (Å²) in [7, 11) is 1.74. The Hall–Kier alpha value is -1.22. The van der Waals surface area contributed by atoms with Crippen LogP contribution in [0.4, 0.5) is 4.39 Å². The smallest absolute Gasteiger partial charge is 0.191 e. The highest BCUT2D eigenvalue weighted by atomic mass is 127. The molecule has 0 fully saturated rings. The van der Waals surface area contributed by atoms with Gasteiger partial charge in [0.05, 0.1) is 17.2 Å². The molecule has 138 valence electrons. The van der Waals surface area contributed by atoms with Crippen LogP contribution in [0.1, 0.15) is 37.0 Å². The Kier molecular flexibility index (Phi) is 8.78. The first-order valence-corrected chi connectivity index (χ1v) is 8.90. The van der Waals surface area contributed by atoms with Crippen LogP contribution in [0.15, 0.2) is 34.6 Å². The van der Waals surface area contributed by atoms with Crippen LogP contribution in [0.5, 0.6) is 0 Å². The molecule has 0 atom stereocenters. The van der Waals surface area contributed by atoms with E-state index in [9.17, 15) is 4.39 Å². The van der Waals surface area contributed by atoms with Crippen molar-refractivity contribution in [3.63, 3.8) is 0 Å². The normalized spacial score (nSPS) is 11.8. The zero-order chi connectivity index (χ0) is 17.6. The molecule has 1 aromatic carbocycles. The quantitative estimate of drug-likeness (QED) is 0.388. The lowest BCUT2D eigenvalue weighted by Crippen LogP contribution is -2.38. The molecular formula is C18H26FIN4S. The van der Waals surface area contributed by atoms with Crippen LogP contribution in [-0.2, 0) is 18.4 Å². The van der Waals surface area contributed by atoms with Crippen molar-refractivity contribution in [3.05, 3.63) is 51.7 Å². The fourth-order valence-corrected chi connectivity index (χ4v) is 3.05. The number of benzene rings is 1. The van der Waals surface area contributed by atoms with Crippen LogP contribution in [0.3, 0.4) is 0 Å². The van der Waals surface area contributed by atoms with Crippen LogP contribution in [0.2, 0.25) is 0 Å². The SMILES string of the molecule is CN=C(NCCc1cccc(F)c1)NCc1csc(C(C)(C)C)n1.I. The number of hydrogen-bond donors (Lipinski definition) is 2. The summed E-state index contributed by atoms with van der Waals surface area (Å²) in [6, 6.07) is 6.66. The van der Waals surface area contributed by atoms with E-state index in [0.29, 0.717) is 13.1 Å². The van der Waals surface area contributed by atoms with Crippen molar-refractivity contribution in [1.82, 2.24) is 15.6 Å². The Bertz CT molecular complexity index is 694. The van der Waals surface area contributed by atoms with E-state index < -0.39 is 0 Å². The minimum Gasteiger partial charge on any atom is -0.356 e. The summed E-state index contributed by atoms with van der Waals surface area (Å²) in [6.07, 6.45) is 0.739. The van der Waals surface area contributed by atoms with E-state index in [1.165, 1.54) is 6.07 Å². The van der Waals surface area contributed by atoms with E-state index in [1.54, 1.807) is 30.5 Å². The number of halogens is 2. The summed E-state index contributed by atoms with van der Waals surface area (Å²) < 4.78 is 13.2. The molecule has 0 aliphatic heterocycles. The van der Waals surface area contributed by atoms with Crippen LogP contribution in [0, 0.1) is 5.82 Å². The van der Waals surface area contributed by atoms with Crippen molar-refractivity contribution < 1.29 is 4.39 Å². The van der Waals surface area contributed by atoms with Crippen molar-refractivity contribution in [3.8, 4) is 0 Å². The first kappa shape index (κ1) is 21.8. The monoisotopic (exact) mass is 476 g/mol. The number of guanidine groups is 1. The van der Waals surface area contributed by atoms with Gasteiger partial charge in [-0.2, -0.15) is 0 Å². The van der Waals surface area contributed by atoms with Gasteiger partial charge in [0, 0.05) is 24.4 Å². The Labute approximate surface area is 170 Å². The Morgan fingerprint density at radius 1 is 1.28 bits per heavy atom. The van der Waals surface area contributed by atoms with Gasteiger partial charge in [0.2, 0.25) is 0 Å². The molecule has 2 aromatic rings. The van der Waals surface area contributed by atoms with Gasteiger partial charge in [-0.25, -0.2) is 9.37 Å². The van der Waals surface area contributed by atoms with Crippen molar-refractivity contribution >= 4 is 41.3 Å². The maximum Gasteiger partial charge on any atom is 0.191 e. The van der Waals surface area contributed by atoms with Gasteiger partial charge in [-0.15, -0.1) is 35.3 Å². The molecule has 1 aromatic heterocycles. The molecule has 0 bridgehead atoms. The second-order valence-electron chi connectivity index (χ2n) is 6.63. The molecule has 0 radical (unpaired) electrons. The number of thiazole rings is 1. The minimum atomic E-state index is -0.201. The van der Waals surface area contributed by atoms with Gasteiger partial charge in [-0.05, 0) is 24.1 Å². The van der Waals surface area contributed by atoms with E-state index >= 15 is 0 Å². The molecule has 0 aliphatic carbocycles. The summed E-state index contributed by atoms with van der Waals surface area (Å²) in [5.74, 6) is 0.518. The van der Waals surface area contributed by atoms with Crippen molar-refractivity contribution in [1.29, 1.82) is 0 Å². The number of aliphatic imine (C=N–C) groups is 1. The highest BCUT2D eigenvalue weighted by Gasteiger charge is 2.17. The molecule has 0 unspecified atom stereocenters. The molecule has 7 heteroatoms. The average molecular weight is 476 g/mol. The van der Waals surface area contributed by atoms with E-state index in [4.69, 9.17) is 0 Å². The van der Waals surface area contributed by atoms with Gasteiger partial charge in [0.1, 0.15) is 5.82 Å². The number of nitrogens with one attached hydrogen (secondary N) is 2. The Morgan fingerprint density at radius 2 is 2.04 bits per heavy atom. The maximum atomic E-state index is 13.2. The second kappa shape index (κ2) is 10.1. The summed E-state index contributed by atoms with van der Waals surface area (Å²) in [5.41, 5.74) is 2.05. The first-order chi connectivity index (χ1) is 11.4. The van der Waals surface area contributed by atoms with E-state index in [0.717, 1.165) is 28.6 Å². The highest BCUT2D eigenvalue weighted by molar-refractivity contribution is 14.0. The van der Waals surface area contributed by atoms with Crippen molar-refractivity contribution in [2.75, 3.05) is 13.6 Å². The molecule has 4 nitrogen and oxygen atoms in total. The molecule has 0 saturated carbocycles. The fourth-order valence-electron chi connectivity index (χ4n) is 2.15. The van der Waals surface area contributed by atoms with Gasteiger partial charge in [0.25, 0.3) is 0 Å². The van der Waals surface area contributed by atoms with Crippen LogP contribution in [-0.4, -0.2) is 24.5 Å². The number of aromatic nitrogens is 1. The number of hydrogen-bond acceptors (Lipinski definition) is 3. The molecule has 25 heavy (non-hydrogen) atoms. The summed E-state index contributed by atoms with van der Waals surface area (Å²) in [4.78, 5) is 8.86. The minimum absolute atomic E-state index is 0. The lowest BCUT2D eigenvalue weighted by atomic mass is 9.98. The summed E-state index contributed by atoms with van der Waals surface area (Å²) >= 11 is 1.69. The molecule has 0 aliphatic rings. The van der Waals surface area contributed by atoms with Crippen molar-refractivity contribution in [2.45, 2.75) is 39.2 Å². The average Bonchev–Trinajstić information content (AvgIpc) is 3.00. The van der Waals surface area contributed by atoms with E-state index in [1.807, 2.05) is 6.07 Å². The fraction of sp³-hybridized carbons (Fsp3) is 0.444. The van der Waals surface area contributed by atoms with Gasteiger partial charge in [0.15, 0.2) is 5.96 Å². The van der Waals surface area contributed by atoms with Crippen LogP contribution in [0.25, 0.3) is 0 Å². The predicted molar refractivity (Wildman–Crippen MR) is 115 cm³/mol. The summed E-state index contributed by atoms with van der Waals surface area (Å²) in [5, 5.41) is 9.70. The molecular weight excluding hydrogens is 450 g/mol.